The molecule has 168 valence electrons. The third-order valence-corrected chi connectivity index (χ3v) is 30.6. The normalized spacial score (nSPS) is 25.8. The van der Waals surface area contributed by atoms with Crippen molar-refractivity contribution < 1.29 is 29.4 Å². The summed E-state index contributed by atoms with van der Waals surface area (Å²) < 4.78 is 4.43. The van der Waals surface area contributed by atoms with Crippen LogP contribution in [0.4, 0.5) is 0 Å². The van der Waals surface area contributed by atoms with Crippen LogP contribution < -0.4 is 0 Å². The van der Waals surface area contributed by atoms with Crippen LogP contribution in [0, 0.1) is 14.3 Å². The number of fused-ring (bicyclic) bond motifs is 1. The van der Waals surface area contributed by atoms with Gasteiger partial charge in [0.15, 0.2) is 0 Å². The predicted octanol–water partition coefficient (Wildman–Crippen LogP) is 8.77. The molecule has 2 aromatic carbocycles. The molecule has 1 aliphatic heterocycles. The maximum absolute atomic E-state index is 10.8. The predicted molar refractivity (Wildman–Crippen MR) is 165 cm³/mol. The Balaban J connectivity index is 1.72. The van der Waals surface area contributed by atoms with Gasteiger partial charge < -0.3 is 0 Å². The molecule has 4 rings (SSSR count). The molecule has 31 heavy (non-hydrogen) atoms. The Kier molecular flexibility index (Phi) is 10.5. The van der Waals surface area contributed by atoms with E-state index in [0.717, 1.165) is 29.1 Å². The van der Waals surface area contributed by atoms with E-state index in [4.69, 9.17) is 0 Å². The van der Waals surface area contributed by atoms with Gasteiger partial charge in [0.05, 0.1) is 0 Å². The third kappa shape index (κ3) is 6.65. The van der Waals surface area contributed by atoms with Crippen molar-refractivity contribution in [1.29, 1.82) is 0 Å². The topological polar surface area (TPSA) is 40.5 Å². The minimum absolute atomic E-state index is 0.469. The van der Waals surface area contributed by atoms with Gasteiger partial charge in [0.1, 0.15) is 0 Å². The monoisotopic (exact) mass is 982 g/mol. The number of halogens is 4. The number of benzene rings is 2. The van der Waals surface area contributed by atoms with E-state index in [0.29, 0.717) is 25.7 Å². The average molecular weight is 983 g/mol. The Bertz CT molecular complexity index is 1000. The molecule has 4 atom stereocenters. The molecule has 0 spiro atoms. The van der Waals surface area contributed by atoms with Crippen LogP contribution in [0.15, 0.2) is 24.3 Å². The van der Waals surface area contributed by atoms with Gasteiger partial charge in [-0.15, -0.1) is 0 Å². The first-order valence-electron chi connectivity index (χ1n) is 10.3. The van der Waals surface area contributed by atoms with Crippen LogP contribution in [-0.4, -0.2) is 20.7 Å². The maximum atomic E-state index is 10.8. The number of phenolic OH excluding ortho intramolecular Hbond substituents is 2. The van der Waals surface area contributed by atoms with Gasteiger partial charge in [0.2, 0.25) is 0 Å². The molecule has 2 N–H and O–H groups in total. The Morgan fingerprint density at radius 2 is 1.13 bits per heavy atom. The molecule has 2 aliphatic rings. The summed E-state index contributed by atoms with van der Waals surface area (Å²) in [4.78, 5) is 0. The molecule has 0 bridgehead atoms. The van der Waals surface area contributed by atoms with Crippen LogP contribution >= 0.6 is 105 Å². The second kappa shape index (κ2) is 12.2. The number of hydrogen-bond acceptors (Lipinski definition) is 2. The second-order valence-electron chi connectivity index (χ2n) is 8.09. The fraction of sp³-hybridized carbons (Fsp3) is 0.455. The molecule has 1 aliphatic carbocycles. The summed E-state index contributed by atoms with van der Waals surface area (Å²) in [6.45, 7) is 0. The molecular formula is C22H24I4O2S2Zr. The van der Waals surface area contributed by atoms with E-state index in [1.54, 1.807) is 0 Å². The molecule has 2 nitrogen and oxygen atoms in total. The third-order valence-electron chi connectivity index (χ3n) is 5.92. The van der Waals surface area contributed by atoms with Gasteiger partial charge in [0.25, 0.3) is 0 Å². The molecular weight excluding hydrogens is 959 g/mol. The van der Waals surface area contributed by atoms with Crippen molar-refractivity contribution in [1.82, 2.24) is 0 Å². The number of phenols is 2. The van der Waals surface area contributed by atoms with E-state index in [1.807, 2.05) is 0 Å². The zero-order valence-electron chi connectivity index (χ0n) is 16.8. The Morgan fingerprint density at radius 1 is 0.710 bits per heavy atom. The summed E-state index contributed by atoms with van der Waals surface area (Å²) in [6.07, 6.45) is 8.31. The average Bonchev–Trinajstić information content (AvgIpc) is 2.98. The van der Waals surface area contributed by atoms with Crippen LogP contribution in [0.5, 0.6) is 11.5 Å². The van der Waals surface area contributed by atoms with Crippen molar-refractivity contribution in [2.24, 2.45) is 0 Å². The van der Waals surface area contributed by atoms with Gasteiger partial charge in [-0.1, -0.05) is 0 Å². The number of hydrogen-bond donors (Lipinski definition) is 2. The van der Waals surface area contributed by atoms with Gasteiger partial charge in [-0.25, -0.2) is 0 Å². The summed E-state index contributed by atoms with van der Waals surface area (Å²) >= 11 is 8.69. The van der Waals surface area contributed by atoms with Crippen LogP contribution in [0.2, 0.25) is 0 Å². The van der Waals surface area contributed by atoms with Gasteiger partial charge in [-0.05, 0) is 0 Å². The zero-order valence-corrected chi connectivity index (χ0v) is 29.6. The van der Waals surface area contributed by atoms with Crippen molar-refractivity contribution in [3.05, 3.63) is 49.7 Å². The van der Waals surface area contributed by atoms with Crippen molar-refractivity contribution in [2.45, 2.75) is 60.5 Å². The van der Waals surface area contributed by atoms with Crippen LogP contribution in [0.25, 0.3) is 0 Å². The van der Waals surface area contributed by atoms with Crippen LogP contribution in [0.3, 0.4) is 0 Å². The van der Waals surface area contributed by atoms with E-state index >= 15 is 0 Å². The van der Waals surface area contributed by atoms with Crippen molar-refractivity contribution in [2.75, 3.05) is 0 Å². The van der Waals surface area contributed by atoms with E-state index in [9.17, 15) is 10.2 Å². The second-order valence-corrected chi connectivity index (χ2v) is 28.5. The molecule has 0 saturated heterocycles. The zero-order chi connectivity index (χ0) is 22.1. The quantitative estimate of drug-likeness (QED) is 0.301. The molecule has 1 saturated carbocycles. The van der Waals surface area contributed by atoms with Gasteiger partial charge in [-0.3, -0.25) is 0 Å². The van der Waals surface area contributed by atoms with Crippen LogP contribution in [-0.2, 0) is 30.7 Å². The molecule has 3 unspecified atom stereocenters. The molecule has 0 amide bonds. The van der Waals surface area contributed by atoms with E-state index in [2.05, 4.69) is 115 Å². The van der Waals surface area contributed by atoms with Gasteiger partial charge >= 0.3 is 256 Å². The minimum atomic E-state index is -0.628. The van der Waals surface area contributed by atoms with Crippen LogP contribution in [0.1, 0.15) is 49.7 Å². The van der Waals surface area contributed by atoms with Crippen molar-refractivity contribution in [3.63, 3.8) is 0 Å². The van der Waals surface area contributed by atoms with Crippen molar-refractivity contribution >= 4 is 105 Å². The molecule has 2 aromatic rings. The van der Waals surface area contributed by atoms with E-state index < -0.39 is 19.2 Å². The SMILES string of the molecule is Oc1c(I)cc(I)cc1C[S]1=[Zr]=[S](Cc2cc(I)cc(I)c2O)[C@H]2CCCCCCC21. The first kappa shape index (κ1) is 26.6. The van der Waals surface area contributed by atoms with Crippen molar-refractivity contribution in [3.8, 4) is 11.5 Å². The van der Waals surface area contributed by atoms with Gasteiger partial charge in [0, 0.05) is 0 Å². The first-order chi connectivity index (χ1) is 14.8. The molecule has 0 radical (unpaired) electrons. The fourth-order valence-electron chi connectivity index (χ4n) is 4.40. The Hall–Kier alpha value is 2.54. The molecule has 1 heterocycles. The fourth-order valence-corrected chi connectivity index (χ4v) is 37.2. The first-order valence-corrected chi connectivity index (χ1v) is 23.6. The molecule has 0 aromatic heterocycles. The molecule has 1 fully saturated rings. The standard InChI is InChI=1S/C22H24I4O2S2.Zr/c23-15-7-13(21(27)17(25)9-15)11-29-19-5-3-1-2-4-6-20(19)30-12-14-8-16(24)10-18(26)22(14)28;/h7-10,19-20,27-28H,1-6,11-12H2;/t19-,20?;/m0./s1. The summed E-state index contributed by atoms with van der Waals surface area (Å²) in [5.74, 6) is 3.22. The Labute approximate surface area is 251 Å². The number of aromatic hydroxyl groups is 2. The Morgan fingerprint density at radius 3 is 1.55 bits per heavy atom. The van der Waals surface area contributed by atoms with E-state index in [-0.39, 0.29) is 0 Å². The summed E-state index contributed by atoms with van der Waals surface area (Å²) in [5.41, 5.74) is 2.36. The molecule has 9 heteroatoms. The summed E-state index contributed by atoms with van der Waals surface area (Å²) in [5, 5.41) is 23.2. The summed E-state index contributed by atoms with van der Waals surface area (Å²) in [7, 11) is 0.938. The van der Waals surface area contributed by atoms with Gasteiger partial charge in [-0.2, -0.15) is 0 Å². The summed E-state index contributed by atoms with van der Waals surface area (Å²) in [6, 6.07) is 8.57. The number of rotatable bonds is 4. The van der Waals surface area contributed by atoms with E-state index in [1.165, 1.54) is 56.8 Å².